The summed E-state index contributed by atoms with van der Waals surface area (Å²) >= 11 is 1.79. The molecule has 104 valence electrons. The highest BCUT2D eigenvalue weighted by Gasteiger charge is 2.19. The number of nitrogen functional groups attached to an aromatic ring is 1. The van der Waals surface area contributed by atoms with Gasteiger partial charge in [-0.05, 0) is 42.5 Å². The molecule has 4 heteroatoms. The van der Waals surface area contributed by atoms with E-state index in [9.17, 15) is 0 Å². The van der Waals surface area contributed by atoms with Crippen molar-refractivity contribution in [2.75, 3.05) is 5.73 Å². The minimum absolute atomic E-state index is 0.285. The highest BCUT2D eigenvalue weighted by Crippen LogP contribution is 2.33. The zero-order chi connectivity index (χ0) is 14.1. The molecule has 2 heterocycles. The van der Waals surface area contributed by atoms with E-state index in [2.05, 4.69) is 59.1 Å². The van der Waals surface area contributed by atoms with Gasteiger partial charge in [-0.3, -0.25) is 0 Å². The summed E-state index contributed by atoms with van der Waals surface area (Å²) < 4.78 is 2.18. The second-order valence-electron chi connectivity index (χ2n) is 5.15. The Morgan fingerprint density at radius 2 is 2.20 bits per heavy atom. The lowest BCUT2D eigenvalue weighted by atomic mass is 10.1. The molecule has 0 radical (unpaired) electrons. The Morgan fingerprint density at radius 1 is 1.35 bits per heavy atom. The highest BCUT2D eigenvalue weighted by molar-refractivity contribution is 7.10. The van der Waals surface area contributed by atoms with Crippen molar-refractivity contribution >= 4 is 28.3 Å². The van der Waals surface area contributed by atoms with Crippen LogP contribution in [0.15, 0.2) is 35.7 Å². The van der Waals surface area contributed by atoms with E-state index in [0.29, 0.717) is 5.95 Å². The van der Waals surface area contributed by atoms with Gasteiger partial charge in [-0.2, -0.15) is 0 Å². The van der Waals surface area contributed by atoms with Crippen molar-refractivity contribution < 1.29 is 0 Å². The molecule has 0 aliphatic rings. The van der Waals surface area contributed by atoms with Gasteiger partial charge in [0, 0.05) is 4.88 Å². The van der Waals surface area contributed by atoms with Crippen LogP contribution in [0.4, 0.5) is 5.95 Å². The van der Waals surface area contributed by atoms with E-state index in [-0.39, 0.29) is 6.04 Å². The largest absolute Gasteiger partial charge is 0.369 e. The van der Waals surface area contributed by atoms with E-state index in [1.54, 1.807) is 11.3 Å². The number of imidazole rings is 1. The highest BCUT2D eigenvalue weighted by atomic mass is 32.1. The van der Waals surface area contributed by atoms with Gasteiger partial charge in [-0.1, -0.05) is 25.5 Å². The SMILES string of the molecule is CCCC(c1cccs1)n1c(N)nc2cc(C)ccc21. The van der Waals surface area contributed by atoms with Crippen LogP contribution in [-0.2, 0) is 0 Å². The zero-order valence-corrected chi connectivity index (χ0v) is 12.7. The minimum atomic E-state index is 0.285. The number of nitrogens with zero attached hydrogens (tertiary/aromatic N) is 2. The van der Waals surface area contributed by atoms with Crippen LogP contribution in [0.3, 0.4) is 0 Å². The molecule has 3 nitrogen and oxygen atoms in total. The number of hydrogen-bond donors (Lipinski definition) is 1. The molecule has 0 bridgehead atoms. The van der Waals surface area contributed by atoms with Gasteiger partial charge in [-0.15, -0.1) is 11.3 Å². The van der Waals surface area contributed by atoms with Crippen molar-refractivity contribution in [2.45, 2.75) is 32.7 Å². The summed E-state index contributed by atoms with van der Waals surface area (Å²) in [7, 11) is 0. The molecule has 3 aromatic rings. The summed E-state index contributed by atoms with van der Waals surface area (Å²) in [4.78, 5) is 5.88. The molecular weight excluding hydrogens is 266 g/mol. The van der Waals surface area contributed by atoms with Crippen LogP contribution in [-0.4, -0.2) is 9.55 Å². The summed E-state index contributed by atoms with van der Waals surface area (Å²) in [6.07, 6.45) is 2.19. The molecule has 0 aliphatic heterocycles. The number of nitrogens with two attached hydrogens (primary N) is 1. The number of thiophene rings is 1. The Bertz CT molecular complexity index is 713. The van der Waals surface area contributed by atoms with Crippen LogP contribution < -0.4 is 5.73 Å². The maximum atomic E-state index is 6.20. The maximum Gasteiger partial charge on any atom is 0.201 e. The summed E-state index contributed by atoms with van der Waals surface area (Å²) in [5.41, 5.74) is 9.52. The van der Waals surface area contributed by atoms with Crippen LogP contribution in [0.5, 0.6) is 0 Å². The first-order chi connectivity index (χ1) is 9.70. The lowest BCUT2D eigenvalue weighted by molar-refractivity contribution is 0.560. The van der Waals surface area contributed by atoms with Crippen molar-refractivity contribution in [1.82, 2.24) is 9.55 Å². The quantitative estimate of drug-likeness (QED) is 0.773. The van der Waals surface area contributed by atoms with Crippen LogP contribution in [0.1, 0.15) is 36.2 Å². The van der Waals surface area contributed by atoms with Crippen LogP contribution in [0, 0.1) is 6.92 Å². The molecule has 1 aromatic carbocycles. The van der Waals surface area contributed by atoms with Crippen molar-refractivity contribution in [2.24, 2.45) is 0 Å². The molecule has 0 spiro atoms. The number of rotatable bonds is 4. The van der Waals surface area contributed by atoms with Crippen molar-refractivity contribution in [3.63, 3.8) is 0 Å². The smallest absolute Gasteiger partial charge is 0.201 e. The zero-order valence-electron chi connectivity index (χ0n) is 11.8. The van der Waals surface area contributed by atoms with E-state index in [0.717, 1.165) is 23.9 Å². The van der Waals surface area contributed by atoms with Gasteiger partial charge >= 0.3 is 0 Å². The first-order valence-electron chi connectivity index (χ1n) is 6.98. The summed E-state index contributed by atoms with van der Waals surface area (Å²) in [6.45, 7) is 4.29. The number of aromatic nitrogens is 2. The van der Waals surface area contributed by atoms with Gasteiger partial charge in [0.05, 0.1) is 17.1 Å². The second-order valence-corrected chi connectivity index (χ2v) is 6.13. The number of hydrogen-bond acceptors (Lipinski definition) is 3. The molecular formula is C16H19N3S. The van der Waals surface area contributed by atoms with E-state index >= 15 is 0 Å². The molecule has 0 aliphatic carbocycles. The Morgan fingerprint density at radius 3 is 2.90 bits per heavy atom. The van der Waals surface area contributed by atoms with Gasteiger partial charge in [-0.25, -0.2) is 4.98 Å². The monoisotopic (exact) mass is 285 g/mol. The third kappa shape index (κ3) is 2.20. The molecule has 1 atom stereocenters. The lowest BCUT2D eigenvalue weighted by Crippen LogP contribution is -2.12. The van der Waals surface area contributed by atoms with Crippen LogP contribution in [0.2, 0.25) is 0 Å². The Hall–Kier alpha value is -1.81. The number of benzene rings is 1. The van der Waals surface area contributed by atoms with E-state index in [1.165, 1.54) is 10.4 Å². The third-order valence-electron chi connectivity index (χ3n) is 3.62. The van der Waals surface area contributed by atoms with Crippen molar-refractivity contribution in [3.8, 4) is 0 Å². The molecule has 0 amide bonds. The summed E-state index contributed by atoms with van der Waals surface area (Å²) in [5.74, 6) is 0.609. The topological polar surface area (TPSA) is 43.8 Å². The normalized spacial score (nSPS) is 12.9. The van der Waals surface area contributed by atoms with E-state index in [4.69, 9.17) is 5.73 Å². The van der Waals surface area contributed by atoms with Crippen molar-refractivity contribution in [3.05, 3.63) is 46.2 Å². The average Bonchev–Trinajstić information content (AvgIpc) is 3.03. The number of aryl methyl sites for hydroxylation is 1. The molecule has 0 saturated carbocycles. The fraction of sp³-hybridized carbons (Fsp3) is 0.312. The van der Waals surface area contributed by atoms with Gasteiger partial charge in [0.15, 0.2) is 0 Å². The van der Waals surface area contributed by atoms with Gasteiger partial charge in [0.2, 0.25) is 5.95 Å². The first kappa shape index (κ1) is 13.2. The van der Waals surface area contributed by atoms with Crippen LogP contribution in [0.25, 0.3) is 11.0 Å². The standard InChI is InChI=1S/C16H19N3S/c1-3-5-14(15-6-4-9-20-15)19-13-8-7-11(2)10-12(13)18-16(19)17/h4,6-10,14H,3,5H2,1-2H3,(H2,17,18). The van der Waals surface area contributed by atoms with Gasteiger partial charge in [0.25, 0.3) is 0 Å². The van der Waals surface area contributed by atoms with Gasteiger partial charge in [0.1, 0.15) is 0 Å². The summed E-state index contributed by atoms with van der Waals surface area (Å²) in [5, 5.41) is 2.12. The van der Waals surface area contributed by atoms with Crippen LogP contribution >= 0.6 is 11.3 Å². The first-order valence-corrected chi connectivity index (χ1v) is 7.86. The maximum absolute atomic E-state index is 6.20. The molecule has 0 saturated heterocycles. The predicted octanol–water partition coefficient (Wildman–Crippen LogP) is 4.38. The molecule has 20 heavy (non-hydrogen) atoms. The molecule has 0 fully saturated rings. The second kappa shape index (κ2) is 5.29. The summed E-state index contributed by atoms with van der Waals surface area (Å²) in [6, 6.07) is 10.9. The molecule has 3 rings (SSSR count). The van der Waals surface area contributed by atoms with Gasteiger partial charge < -0.3 is 10.3 Å². The molecule has 1 unspecified atom stereocenters. The lowest BCUT2D eigenvalue weighted by Gasteiger charge is -2.19. The van der Waals surface area contributed by atoms with E-state index in [1.807, 2.05) is 0 Å². The predicted molar refractivity (Wildman–Crippen MR) is 86.2 cm³/mol. The molecule has 2 N–H and O–H groups in total. The Labute approximate surface area is 123 Å². The number of anilines is 1. The Kier molecular flexibility index (Phi) is 3.49. The third-order valence-corrected chi connectivity index (χ3v) is 4.59. The fourth-order valence-corrected chi connectivity index (χ4v) is 3.56. The fourth-order valence-electron chi connectivity index (χ4n) is 2.71. The minimum Gasteiger partial charge on any atom is -0.369 e. The van der Waals surface area contributed by atoms with Crippen molar-refractivity contribution in [1.29, 1.82) is 0 Å². The number of fused-ring (bicyclic) bond motifs is 1. The van der Waals surface area contributed by atoms with E-state index < -0.39 is 0 Å². The average molecular weight is 285 g/mol. The molecule has 2 aromatic heterocycles. The Balaban J connectivity index is 2.18.